The quantitative estimate of drug-likeness (QED) is 0.587. The minimum atomic E-state index is -5.12. The van der Waals surface area contributed by atoms with Crippen molar-refractivity contribution in [1.82, 2.24) is 9.97 Å². The molecule has 0 N–H and O–H groups in total. The molecule has 0 saturated carbocycles. The Hall–Kier alpha value is -2.63. The molecule has 0 radical (unpaired) electrons. The van der Waals surface area contributed by atoms with Gasteiger partial charge in [0.25, 0.3) is 0 Å². The SMILES string of the molecule is CCOC(=O)N(OC)c1ccc2c(C(F)(F)F)cc(C(F)(F)F)nc2n1. The van der Waals surface area contributed by atoms with Crippen molar-refractivity contribution in [2.75, 3.05) is 18.8 Å². The molecule has 0 spiro atoms. The molecule has 2 aromatic heterocycles. The summed E-state index contributed by atoms with van der Waals surface area (Å²) in [4.78, 5) is 23.2. The van der Waals surface area contributed by atoms with Gasteiger partial charge in [-0.1, -0.05) is 0 Å². The number of carbonyl (C=O) groups is 1. The van der Waals surface area contributed by atoms with Crippen molar-refractivity contribution in [2.24, 2.45) is 0 Å². The number of alkyl halides is 6. The third kappa shape index (κ3) is 3.95. The summed E-state index contributed by atoms with van der Waals surface area (Å²) in [6.07, 6.45) is -11.2. The van der Waals surface area contributed by atoms with Crippen molar-refractivity contribution >= 4 is 22.9 Å². The van der Waals surface area contributed by atoms with Crippen LogP contribution in [0.3, 0.4) is 0 Å². The Labute approximate surface area is 142 Å². The third-order valence-electron chi connectivity index (χ3n) is 3.08. The van der Waals surface area contributed by atoms with Gasteiger partial charge in [-0.25, -0.2) is 14.8 Å². The summed E-state index contributed by atoms with van der Waals surface area (Å²) in [5, 5.41) is -0.188. The molecule has 0 aliphatic rings. The lowest BCUT2D eigenvalue weighted by atomic mass is 10.1. The van der Waals surface area contributed by atoms with E-state index < -0.39 is 46.6 Å². The van der Waals surface area contributed by atoms with E-state index in [-0.39, 0.29) is 12.7 Å². The van der Waals surface area contributed by atoms with E-state index in [0.717, 1.165) is 19.2 Å². The van der Waals surface area contributed by atoms with Crippen molar-refractivity contribution in [3.05, 3.63) is 29.5 Å². The normalized spacial score (nSPS) is 12.3. The van der Waals surface area contributed by atoms with Crippen LogP contribution in [0.15, 0.2) is 18.2 Å². The Balaban J connectivity index is 2.69. The van der Waals surface area contributed by atoms with Gasteiger partial charge in [0, 0.05) is 5.39 Å². The average molecular weight is 383 g/mol. The lowest BCUT2D eigenvalue weighted by Gasteiger charge is -2.19. The fourth-order valence-electron chi connectivity index (χ4n) is 2.03. The minimum absolute atomic E-state index is 0.0407. The predicted molar refractivity (Wildman–Crippen MR) is 76.1 cm³/mol. The van der Waals surface area contributed by atoms with Crippen LogP contribution in [0.2, 0.25) is 0 Å². The highest BCUT2D eigenvalue weighted by molar-refractivity contribution is 5.87. The minimum Gasteiger partial charge on any atom is -0.448 e. The molecule has 2 rings (SSSR count). The highest BCUT2D eigenvalue weighted by atomic mass is 19.4. The first kappa shape index (κ1) is 19.7. The molecule has 6 nitrogen and oxygen atoms in total. The Morgan fingerprint density at radius 3 is 2.27 bits per heavy atom. The van der Waals surface area contributed by atoms with E-state index in [4.69, 9.17) is 4.84 Å². The molecule has 0 saturated heterocycles. The van der Waals surface area contributed by atoms with Crippen molar-refractivity contribution in [2.45, 2.75) is 19.3 Å². The Kier molecular flexibility index (Phi) is 5.26. The largest absolute Gasteiger partial charge is 0.448 e. The maximum atomic E-state index is 13.1. The monoisotopic (exact) mass is 383 g/mol. The molecule has 0 atom stereocenters. The molecule has 0 aliphatic carbocycles. The van der Waals surface area contributed by atoms with Crippen molar-refractivity contribution in [3.8, 4) is 0 Å². The summed E-state index contributed by atoms with van der Waals surface area (Å²) in [6.45, 7) is 1.45. The van der Waals surface area contributed by atoms with Gasteiger partial charge in [0.1, 0.15) is 5.69 Å². The molecule has 1 amide bonds. The Bertz CT molecular complexity index is 822. The van der Waals surface area contributed by atoms with Crippen LogP contribution in [0.5, 0.6) is 0 Å². The summed E-state index contributed by atoms with van der Waals surface area (Å²) in [5.74, 6) is -0.390. The number of hydrogen-bond acceptors (Lipinski definition) is 5. The van der Waals surface area contributed by atoms with Crippen LogP contribution < -0.4 is 5.06 Å². The number of nitrogens with zero attached hydrogens (tertiary/aromatic N) is 3. The number of hydrogen-bond donors (Lipinski definition) is 0. The Morgan fingerprint density at radius 1 is 1.12 bits per heavy atom. The van der Waals surface area contributed by atoms with E-state index in [1.54, 1.807) is 0 Å². The van der Waals surface area contributed by atoms with Crippen LogP contribution in [0.4, 0.5) is 37.0 Å². The van der Waals surface area contributed by atoms with Crippen molar-refractivity contribution in [1.29, 1.82) is 0 Å². The van der Waals surface area contributed by atoms with Gasteiger partial charge in [0.15, 0.2) is 11.5 Å². The maximum Gasteiger partial charge on any atom is 0.440 e. The van der Waals surface area contributed by atoms with Crippen LogP contribution in [0, 0.1) is 0 Å². The van der Waals surface area contributed by atoms with Gasteiger partial charge in [0.05, 0.1) is 19.3 Å². The van der Waals surface area contributed by atoms with Crippen LogP contribution >= 0.6 is 0 Å². The fourth-order valence-corrected chi connectivity index (χ4v) is 2.03. The van der Waals surface area contributed by atoms with E-state index in [1.807, 2.05) is 0 Å². The number of aromatic nitrogens is 2. The molecular weight excluding hydrogens is 372 g/mol. The number of halogens is 6. The van der Waals surface area contributed by atoms with Crippen molar-refractivity contribution < 1.29 is 40.7 Å². The van der Waals surface area contributed by atoms with E-state index in [1.165, 1.54) is 6.92 Å². The molecule has 2 heterocycles. The molecule has 0 unspecified atom stereocenters. The molecule has 12 heteroatoms. The highest BCUT2D eigenvalue weighted by Crippen LogP contribution is 2.38. The van der Waals surface area contributed by atoms with Crippen LogP contribution in [-0.4, -0.2) is 29.8 Å². The first-order valence-corrected chi connectivity index (χ1v) is 6.96. The van der Waals surface area contributed by atoms with Crippen molar-refractivity contribution in [3.63, 3.8) is 0 Å². The van der Waals surface area contributed by atoms with Gasteiger partial charge in [-0.15, -0.1) is 5.06 Å². The van der Waals surface area contributed by atoms with Gasteiger partial charge in [0.2, 0.25) is 0 Å². The smallest absolute Gasteiger partial charge is 0.440 e. The highest BCUT2D eigenvalue weighted by Gasteiger charge is 2.39. The van der Waals surface area contributed by atoms with Gasteiger partial charge < -0.3 is 4.74 Å². The Morgan fingerprint density at radius 2 is 1.77 bits per heavy atom. The lowest BCUT2D eigenvalue weighted by molar-refractivity contribution is -0.144. The zero-order valence-electron chi connectivity index (χ0n) is 13.3. The summed E-state index contributed by atoms with van der Waals surface area (Å²) >= 11 is 0. The second-order valence-corrected chi connectivity index (χ2v) is 4.77. The lowest BCUT2D eigenvalue weighted by Crippen LogP contribution is -2.31. The molecule has 0 aromatic carbocycles. The third-order valence-corrected chi connectivity index (χ3v) is 3.08. The van der Waals surface area contributed by atoms with Gasteiger partial charge in [-0.05, 0) is 25.1 Å². The first-order chi connectivity index (χ1) is 12.0. The average Bonchev–Trinajstić information content (AvgIpc) is 2.52. The number of anilines is 1. The van der Waals surface area contributed by atoms with Crippen LogP contribution in [0.25, 0.3) is 11.0 Å². The molecule has 2 aromatic rings. The number of pyridine rings is 2. The second kappa shape index (κ2) is 6.94. The number of ether oxygens (including phenoxy) is 1. The van der Waals surface area contributed by atoms with E-state index >= 15 is 0 Å². The standard InChI is InChI=1S/C14H11F6N3O3/c1-3-26-12(24)23(25-2)10-5-4-7-8(13(15,16)17)6-9(14(18,19)20)21-11(7)22-10/h4-6H,3H2,1-2H3. The van der Waals surface area contributed by atoms with Gasteiger partial charge >= 0.3 is 18.4 Å². The topological polar surface area (TPSA) is 64.5 Å². The first-order valence-electron chi connectivity index (χ1n) is 6.96. The fraction of sp³-hybridized carbons (Fsp3) is 0.357. The van der Waals surface area contributed by atoms with E-state index in [9.17, 15) is 31.1 Å². The number of carbonyl (C=O) groups excluding carboxylic acids is 1. The molecule has 26 heavy (non-hydrogen) atoms. The molecule has 0 aliphatic heterocycles. The molecule has 0 bridgehead atoms. The number of hydroxylamine groups is 1. The van der Waals surface area contributed by atoms with E-state index in [0.29, 0.717) is 5.06 Å². The van der Waals surface area contributed by atoms with Gasteiger partial charge in [-0.3, -0.25) is 4.84 Å². The number of rotatable bonds is 3. The zero-order valence-corrected chi connectivity index (χ0v) is 13.3. The zero-order chi connectivity index (χ0) is 19.7. The summed E-state index contributed by atoms with van der Waals surface area (Å²) < 4.78 is 82.6. The second-order valence-electron chi connectivity index (χ2n) is 4.77. The summed E-state index contributed by atoms with van der Waals surface area (Å²) in [7, 11) is 1.05. The van der Waals surface area contributed by atoms with E-state index in [2.05, 4.69) is 14.7 Å². The molecule has 142 valence electrons. The van der Waals surface area contributed by atoms with Crippen LogP contribution in [0.1, 0.15) is 18.2 Å². The molecule has 0 fully saturated rings. The summed E-state index contributed by atoms with van der Waals surface area (Å²) in [6, 6.07) is 1.72. The van der Waals surface area contributed by atoms with Crippen LogP contribution in [-0.2, 0) is 21.9 Å². The number of amides is 1. The van der Waals surface area contributed by atoms with Gasteiger partial charge in [-0.2, -0.15) is 26.3 Å². The summed E-state index contributed by atoms with van der Waals surface area (Å²) in [5.41, 5.74) is -4.16. The maximum absolute atomic E-state index is 13.1. The predicted octanol–water partition coefficient (Wildman–Crippen LogP) is 4.19. The molecular formula is C14H11F6N3O3. The number of fused-ring (bicyclic) bond motifs is 1.